The summed E-state index contributed by atoms with van der Waals surface area (Å²) in [4.78, 5) is 20.0. The first-order chi connectivity index (χ1) is 9.82. The number of rotatable bonds is 8. The summed E-state index contributed by atoms with van der Waals surface area (Å²) < 4.78 is 0. The Labute approximate surface area is 122 Å². The van der Waals surface area contributed by atoms with E-state index in [0.717, 1.165) is 25.7 Å². The third-order valence-corrected chi connectivity index (χ3v) is 3.27. The molecular weight excluding hydrogens is 276 g/mol. The van der Waals surface area contributed by atoms with Crippen LogP contribution in [0.2, 0.25) is 0 Å². The molecule has 0 bridgehead atoms. The lowest BCUT2D eigenvalue weighted by Crippen LogP contribution is -1.97. The van der Waals surface area contributed by atoms with Crippen molar-refractivity contribution in [3.05, 3.63) is 37.9 Å². The van der Waals surface area contributed by atoms with E-state index in [2.05, 4.69) is 13.8 Å². The molecule has 0 radical (unpaired) electrons. The molecule has 1 aromatic carbocycles. The van der Waals surface area contributed by atoms with E-state index in [1.165, 1.54) is 12.1 Å². The van der Waals surface area contributed by atoms with Gasteiger partial charge < -0.3 is 5.11 Å². The second-order valence-electron chi connectivity index (χ2n) is 5.49. The topological polar surface area (TPSA) is 107 Å². The average Bonchev–Trinajstić information content (AvgIpc) is 2.38. The molecule has 7 nitrogen and oxygen atoms in total. The minimum absolute atomic E-state index is 0.510. The lowest BCUT2D eigenvalue weighted by Gasteiger charge is -2.05. The largest absolute Gasteiger partial charge is 0.497 e. The number of aromatic hydroxyl groups is 1. The van der Waals surface area contributed by atoms with Gasteiger partial charge in [0.25, 0.3) is 5.75 Å². The number of phenols is 1. The summed E-state index contributed by atoms with van der Waals surface area (Å²) in [6.07, 6.45) is 4.50. The standard InChI is InChI=1S/C14H20N2O5/c1-10(2)6-4-3-5-7-11-8-12(15(18)19)14(17)13(9-11)16(20)21/h8-10,17H,3-7H2,1-2H3. The normalized spacial score (nSPS) is 10.8. The fourth-order valence-electron chi connectivity index (χ4n) is 2.14. The second kappa shape index (κ2) is 7.56. The molecule has 0 atom stereocenters. The van der Waals surface area contributed by atoms with Gasteiger partial charge in [0.15, 0.2) is 0 Å². The Morgan fingerprint density at radius 2 is 1.57 bits per heavy atom. The van der Waals surface area contributed by atoms with Crippen molar-refractivity contribution in [3.8, 4) is 5.75 Å². The number of aryl methyl sites for hydroxylation is 1. The Bertz CT molecular complexity index is 493. The molecule has 7 heteroatoms. The number of hydrogen-bond acceptors (Lipinski definition) is 5. The summed E-state index contributed by atoms with van der Waals surface area (Å²) in [7, 11) is 0. The number of benzene rings is 1. The van der Waals surface area contributed by atoms with Gasteiger partial charge in [-0.25, -0.2) is 0 Å². The highest BCUT2D eigenvalue weighted by Gasteiger charge is 2.25. The van der Waals surface area contributed by atoms with Gasteiger partial charge in [-0.3, -0.25) is 20.2 Å². The zero-order valence-corrected chi connectivity index (χ0v) is 12.2. The molecule has 116 valence electrons. The highest BCUT2D eigenvalue weighted by Crippen LogP contribution is 2.37. The van der Waals surface area contributed by atoms with Crippen LogP contribution in [0.15, 0.2) is 12.1 Å². The van der Waals surface area contributed by atoms with E-state index < -0.39 is 27.0 Å². The predicted octanol–water partition coefficient (Wildman–Crippen LogP) is 3.97. The fraction of sp³-hybridized carbons (Fsp3) is 0.571. The van der Waals surface area contributed by atoms with Gasteiger partial charge in [-0.2, -0.15) is 0 Å². The summed E-state index contributed by atoms with van der Waals surface area (Å²) in [5.74, 6) is -0.241. The smallest absolute Gasteiger partial charge is 0.318 e. The van der Waals surface area contributed by atoms with Gasteiger partial charge >= 0.3 is 11.4 Å². The number of nitro groups is 2. The van der Waals surface area contributed by atoms with Crippen LogP contribution in [0.5, 0.6) is 5.75 Å². The Kier molecular flexibility index (Phi) is 6.08. The summed E-state index contributed by atoms with van der Waals surface area (Å²) in [6, 6.07) is 2.43. The summed E-state index contributed by atoms with van der Waals surface area (Å²) in [5, 5.41) is 31.2. The van der Waals surface area contributed by atoms with Crippen LogP contribution in [-0.4, -0.2) is 15.0 Å². The highest BCUT2D eigenvalue weighted by atomic mass is 16.6. The average molecular weight is 296 g/mol. The monoisotopic (exact) mass is 296 g/mol. The van der Waals surface area contributed by atoms with Gasteiger partial charge in [-0.1, -0.05) is 33.1 Å². The van der Waals surface area contributed by atoms with Gasteiger partial charge in [0.1, 0.15) is 0 Å². The molecule has 0 unspecified atom stereocenters. The maximum absolute atomic E-state index is 10.8. The van der Waals surface area contributed by atoms with Crippen LogP contribution in [0.1, 0.15) is 45.1 Å². The van der Waals surface area contributed by atoms with Crippen molar-refractivity contribution in [2.45, 2.75) is 46.0 Å². The first kappa shape index (κ1) is 16.9. The number of phenolic OH excluding ortho intramolecular Hbond substituents is 1. The van der Waals surface area contributed by atoms with Crippen molar-refractivity contribution in [3.63, 3.8) is 0 Å². The molecular formula is C14H20N2O5. The fourth-order valence-corrected chi connectivity index (χ4v) is 2.14. The van der Waals surface area contributed by atoms with Crippen LogP contribution in [0.25, 0.3) is 0 Å². The van der Waals surface area contributed by atoms with Crippen LogP contribution < -0.4 is 0 Å². The van der Waals surface area contributed by atoms with Crippen LogP contribution >= 0.6 is 0 Å². The van der Waals surface area contributed by atoms with Gasteiger partial charge in [0.05, 0.1) is 9.85 Å². The lowest BCUT2D eigenvalue weighted by molar-refractivity contribution is -0.396. The van der Waals surface area contributed by atoms with E-state index in [1.54, 1.807) is 0 Å². The van der Waals surface area contributed by atoms with Crippen molar-refractivity contribution in [2.24, 2.45) is 5.92 Å². The molecule has 0 aliphatic heterocycles. The second-order valence-corrected chi connectivity index (χ2v) is 5.49. The molecule has 0 heterocycles. The minimum atomic E-state index is -0.881. The zero-order chi connectivity index (χ0) is 16.0. The van der Waals surface area contributed by atoms with E-state index >= 15 is 0 Å². The van der Waals surface area contributed by atoms with Crippen LogP contribution in [0.4, 0.5) is 11.4 Å². The van der Waals surface area contributed by atoms with Gasteiger partial charge in [0.2, 0.25) is 0 Å². The summed E-state index contributed by atoms with van der Waals surface area (Å²) in [6.45, 7) is 4.29. The SMILES string of the molecule is CC(C)CCCCCc1cc([N+](=O)[O-])c(O)c([N+](=O)[O-])c1. The Balaban J connectivity index is 2.78. The van der Waals surface area contributed by atoms with Crippen molar-refractivity contribution in [1.29, 1.82) is 0 Å². The van der Waals surface area contributed by atoms with Crippen molar-refractivity contribution in [2.75, 3.05) is 0 Å². The van der Waals surface area contributed by atoms with E-state index in [9.17, 15) is 25.3 Å². The third kappa shape index (κ3) is 5.02. The third-order valence-electron chi connectivity index (χ3n) is 3.27. The van der Waals surface area contributed by atoms with Crippen molar-refractivity contribution < 1.29 is 15.0 Å². The molecule has 0 aliphatic carbocycles. The van der Waals surface area contributed by atoms with E-state index in [1.807, 2.05) is 0 Å². The van der Waals surface area contributed by atoms with Crippen molar-refractivity contribution >= 4 is 11.4 Å². The minimum Gasteiger partial charge on any atom is -0.497 e. The van der Waals surface area contributed by atoms with Gasteiger partial charge in [-0.05, 0) is 24.3 Å². The van der Waals surface area contributed by atoms with Gasteiger partial charge in [-0.15, -0.1) is 0 Å². The van der Waals surface area contributed by atoms with Crippen molar-refractivity contribution in [1.82, 2.24) is 0 Å². The van der Waals surface area contributed by atoms with E-state index in [-0.39, 0.29) is 0 Å². The lowest BCUT2D eigenvalue weighted by atomic mass is 10.0. The first-order valence-electron chi connectivity index (χ1n) is 6.97. The number of nitro benzene ring substituents is 2. The molecule has 21 heavy (non-hydrogen) atoms. The van der Waals surface area contributed by atoms with Crippen LogP contribution in [-0.2, 0) is 6.42 Å². The Morgan fingerprint density at radius 1 is 1.05 bits per heavy atom. The molecule has 0 saturated carbocycles. The zero-order valence-electron chi connectivity index (χ0n) is 12.2. The summed E-state index contributed by atoms with van der Waals surface area (Å²) in [5.41, 5.74) is -0.710. The quantitative estimate of drug-likeness (QED) is 0.443. The molecule has 0 spiro atoms. The molecule has 0 amide bonds. The molecule has 0 saturated heterocycles. The summed E-state index contributed by atoms with van der Waals surface area (Å²) >= 11 is 0. The van der Waals surface area contributed by atoms with E-state index in [0.29, 0.717) is 17.9 Å². The number of hydrogen-bond donors (Lipinski definition) is 1. The molecule has 0 aliphatic rings. The Morgan fingerprint density at radius 3 is 2.00 bits per heavy atom. The maximum Gasteiger partial charge on any atom is 0.318 e. The number of nitrogens with zero attached hydrogens (tertiary/aromatic N) is 2. The highest BCUT2D eigenvalue weighted by molar-refractivity contribution is 5.61. The van der Waals surface area contributed by atoms with E-state index in [4.69, 9.17) is 0 Å². The van der Waals surface area contributed by atoms with Crippen LogP contribution in [0, 0.1) is 26.1 Å². The van der Waals surface area contributed by atoms with Gasteiger partial charge in [0, 0.05) is 12.1 Å². The maximum atomic E-state index is 10.8. The predicted molar refractivity (Wildman–Crippen MR) is 78.4 cm³/mol. The first-order valence-corrected chi connectivity index (χ1v) is 6.97. The molecule has 1 aromatic rings. The molecule has 0 fully saturated rings. The number of unbranched alkanes of at least 4 members (excludes halogenated alkanes) is 2. The Hall–Kier alpha value is -2.18. The van der Waals surface area contributed by atoms with Crippen LogP contribution in [0.3, 0.4) is 0 Å². The molecule has 1 N–H and O–H groups in total. The molecule has 1 rings (SSSR count). The molecule has 0 aromatic heterocycles.